The van der Waals surface area contributed by atoms with Gasteiger partial charge >= 0.3 is 0 Å². The van der Waals surface area contributed by atoms with Gasteiger partial charge in [0.1, 0.15) is 0 Å². The van der Waals surface area contributed by atoms with Gasteiger partial charge in [-0.1, -0.05) is 66.7 Å². The number of nitrogens with zero attached hydrogens (tertiary/aromatic N) is 2. The zero-order valence-electron chi connectivity index (χ0n) is 15.7. The molecular formula is C25H19N3O. The minimum absolute atomic E-state index is 0.00125. The molecule has 0 aliphatic carbocycles. The van der Waals surface area contributed by atoms with Crippen molar-refractivity contribution in [1.29, 1.82) is 0 Å². The summed E-state index contributed by atoms with van der Waals surface area (Å²) in [6.45, 7) is 0. The van der Waals surface area contributed by atoms with Crippen LogP contribution in [-0.2, 0) is 0 Å². The third kappa shape index (κ3) is 3.25. The first-order chi connectivity index (χ1) is 14.3. The molecule has 0 amide bonds. The number of rotatable bonds is 4. The van der Waals surface area contributed by atoms with Crippen molar-refractivity contribution >= 4 is 10.9 Å². The Morgan fingerprint density at radius 3 is 2.31 bits per heavy atom. The highest BCUT2D eigenvalue weighted by Gasteiger charge is 2.17. The molecule has 0 aliphatic rings. The molecule has 4 heteroatoms. The Morgan fingerprint density at radius 1 is 0.828 bits per heavy atom. The van der Waals surface area contributed by atoms with Gasteiger partial charge in [-0.05, 0) is 34.4 Å². The van der Waals surface area contributed by atoms with E-state index in [9.17, 15) is 4.79 Å². The number of H-pyrrole nitrogens is 1. The van der Waals surface area contributed by atoms with Gasteiger partial charge in [0.2, 0.25) is 5.56 Å². The molecule has 5 aromatic rings. The van der Waals surface area contributed by atoms with E-state index >= 15 is 0 Å². The predicted molar refractivity (Wildman–Crippen MR) is 116 cm³/mol. The van der Waals surface area contributed by atoms with Crippen LogP contribution in [0.5, 0.6) is 0 Å². The lowest BCUT2D eigenvalue weighted by atomic mass is 9.94. The summed E-state index contributed by atoms with van der Waals surface area (Å²) in [5.41, 5.74) is 5.00. The largest absolute Gasteiger partial charge is 0.326 e. The van der Waals surface area contributed by atoms with Gasteiger partial charge in [-0.25, -0.2) is 4.98 Å². The van der Waals surface area contributed by atoms with Crippen molar-refractivity contribution < 1.29 is 0 Å². The van der Waals surface area contributed by atoms with E-state index in [0.29, 0.717) is 0 Å². The van der Waals surface area contributed by atoms with Crippen LogP contribution in [0.15, 0.2) is 108 Å². The number of hydrogen-bond acceptors (Lipinski definition) is 2. The summed E-state index contributed by atoms with van der Waals surface area (Å²) in [6, 6.07) is 28.3. The molecule has 3 aromatic carbocycles. The van der Waals surface area contributed by atoms with Crippen LogP contribution in [0, 0.1) is 0 Å². The van der Waals surface area contributed by atoms with Crippen LogP contribution in [0.1, 0.15) is 17.2 Å². The van der Waals surface area contributed by atoms with Crippen LogP contribution in [0.25, 0.3) is 22.0 Å². The number of fused-ring (bicyclic) bond motifs is 1. The van der Waals surface area contributed by atoms with Crippen molar-refractivity contribution in [3.8, 4) is 11.1 Å². The Labute approximate surface area is 168 Å². The minimum Gasteiger partial charge on any atom is -0.326 e. The highest BCUT2D eigenvalue weighted by Crippen LogP contribution is 2.32. The first-order valence-electron chi connectivity index (χ1n) is 9.54. The van der Waals surface area contributed by atoms with E-state index in [4.69, 9.17) is 0 Å². The van der Waals surface area contributed by atoms with Gasteiger partial charge in [0.05, 0.1) is 12.4 Å². The van der Waals surface area contributed by atoms with Crippen LogP contribution in [0.2, 0.25) is 0 Å². The SMILES string of the molecule is O=c1cc(-c2ccccc2)c2cc(C(c3ccccc3)n3ccnc3)ccc2[nH]1. The Kier molecular flexibility index (Phi) is 4.30. The van der Waals surface area contributed by atoms with Crippen molar-refractivity contribution in [2.75, 3.05) is 0 Å². The van der Waals surface area contributed by atoms with Crippen LogP contribution >= 0.6 is 0 Å². The Balaban J connectivity index is 1.75. The van der Waals surface area contributed by atoms with Crippen LogP contribution in [0.3, 0.4) is 0 Å². The molecule has 0 aliphatic heterocycles. The van der Waals surface area contributed by atoms with E-state index in [1.54, 1.807) is 12.3 Å². The van der Waals surface area contributed by atoms with Gasteiger partial charge in [0.15, 0.2) is 0 Å². The summed E-state index contributed by atoms with van der Waals surface area (Å²) in [6.07, 6.45) is 5.61. The molecule has 0 spiro atoms. The molecule has 0 saturated carbocycles. The fraction of sp³-hybridized carbons (Fsp3) is 0.0400. The number of aromatic amines is 1. The summed E-state index contributed by atoms with van der Waals surface area (Å²) in [4.78, 5) is 19.5. The van der Waals surface area contributed by atoms with E-state index in [2.05, 4.69) is 38.8 Å². The lowest BCUT2D eigenvalue weighted by Gasteiger charge is -2.20. The van der Waals surface area contributed by atoms with Crippen LogP contribution in [0.4, 0.5) is 0 Å². The molecule has 2 heterocycles. The quantitative estimate of drug-likeness (QED) is 0.478. The average Bonchev–Trinajstić information content (AvgIpc) is 3.29. The second kappa shape index (κ2) is 7.24. The second-order valence-electron chi connectivity index (χ2n) is 7.04. The molecule has 0 saturated heterocycles. The fourth-order valence-electron chi connectivity index (χ4n) is 3.89. The number of pyridine rings is 1. The highest BCUT2D eigenvalue weighted by molar-refractivity contribution is 5.94. The monoisotopic (exact) mass is 377 g/mol. The molecule has 1 unspecified atom stereocenters. The van der Waals surface area contributed by atoms with Gasteiger partial charge in [-0.2, -0.15) is 0 Å². The molecule has 5 rings (SSSR count). The summed E-state index contributed by atoms with van der Waals surface area (Å²) >= 11 is 0. The molecule has 2 aromatic heterocycles. The highest BCUT2D eigenvalue weighted by atomic mass is 16.1. The van der Waals surface area contributed by atoms with Crippen molar-refractivity contribution in [1.82, 2.24) is 14.5 Å². The minimum atomic E-state index is -0.0988. The molecule has 0 radical (unpaired) electrons. The standard InChI is InChI=1S/C25H19N3O/c29-24-16-21(18-7-3-1-4-8-18)22-15-20(11-12-23(22)27-24)25(28-14-13-26-17-28)19-9-5-2-6-10-19/h1-17,25H,(H,27,29). The normalized spacial score (nSPS) is 12.1. The van der Waals surface area contributed by atoms with Crippen molar-refractivity contribution in [2.24, 2.45) is 0 Å². The topological polar surface area (TPSA) is 50.7 Å². The summed E-state index contributed by atoms with van der Waals surface area (Å²) in [5, 5.41) is 1.02. The first-order valence-corrected chi connectivity index (χ1v) is 9.54. The maximum Gasteiger partial charge on any atom is 0.249 e. The Hall–Kier alpha value is -3.92. The van der Waals surface area contributed by atoms with E-state index < -0.39 is 0 Å². The van der Waals surface area contributed by atoms with Crippen LogP contribution in [-0.4, -0.2) is 14.5 Å². The molecule has 0 bridgehead atoms. The van der Waals surface area contributed by atoms with Crippen molar-refractivity contribution in [3.63, 3.8) is 0 Å². The Bertz CT molecular complexity index is 1310. The molecule has 4 nitrogen and oxygen atoms in total. The number of aromatic nitrogens is 3. The molecule has 29 heavy (non-hydrogen) atoms. The van der Waals surface area contributed by atoms with Gasteiger partial charge < -0.3 is 9.55 Å². The first kappa shape index (κ1) is 17.2. The fourth-order valence-corrected chi connectivity index (χ4v) is 3.89. The number of hydrogen-bond donors (Lipinski definition) is 1. The zero-order chi connectivity index (χ0) is 19.6. The van der Waals surface area contributed by atoms with E-state index in [-0.39, 0.29) is 11.6 Å². The van der Waals surface area contributed by atoms with Gasteiger partial charge in [0, 0.05) is 29.4 Å². The third-order valence-corrected chi connectivity index (χ3v) is 5.21. The predicted octanol–water partition coefficient (Wildman–Crippen LogP) is 5.03. The van der Waals surface area contributed by atoms with Gasteiger partial charge in [-0.3, -0.25) is 4.79 Å². The number of nitrogens with one attached hydrogen (secondary N) is 1. The second-order valence-corrected chi connectivity index (χ2v) is 7.04. The van der Waals surface area contributed by atoms with Crippen LogP contribution < -0.4 is 5.56 Å². The Morgan fingerprint density at radius 2 is 1.59 bits per heavy atom. The summed E-state index contributed by atoms with van der Waals surface area (Å²) < 4.78 is 2.10. The van der Waals surface area contributed by atoms with Crippen molar-refractivity contribution in [2.45, 2.75) is 6.04 Å². The molecule has 1 atom stereocenters. The lowest BCUT2D eigenvalue weighted by molar-refractivity contribution is 0.677. The smallest absolute Gasteiger partial charge is 0.249 e. The van der Waals surface area contributed by atoms with Gasteiger partial charge in [-0.15, -0.1) is 0 Å². The summed E-state index contributed by atoms with van der Waals surface area (Å²) in [5.74, 6) is 0. The summed E-state index contributed by atoms with van der Waals surface area (Å²) in [7, 11) is 0. The maximum absolute atomic E-state index is 12.2. The third-order valence-electron chi connectivity index (χ3n) is 5.21. The lowest BCUT2D eigenvalue weighted by Crippen LogP contribution is -2.11. The van der Waals surface area contributed by atoms with E-state index in [0.717, 1.165) is 27.6 Å². The molecule has 140 valence electrons. The van der Waals surface area contributed by atoms with E-state index in [1.807, 2.05) is 67.1 Å². The van der Waals surface area contributed by atoms with Gasteiger partial charge in [0.25, 0.3) is 0 Å². The molecule has 0 fully saturated rings. The molecule has 1 N–H and O–H groups in total. The average molecular weight is 377 g/mol. The van der Waals surface area contributed by atoms with E-state index in [1.165, 1.54) is 5.56 Å². The maximum atomic E-state index is 12.2. The number of benzene rings is 3. The zero-order valence-corrected chi connectivity index (χ0v) is 15.7. The molecular weight excluding hydrogens is 358 g/mol. The van der Waals surface area contributed by atoms with Crippen molar-refractivity contribution in [3.05, 3.63) is 125 Å². The number of imidazole rings is 1.